The molecule has 11 heavy (non-hydrogen) atoms. The van der Waals surface area contributed by atoms with Crippen LogP contribution in [0.4, 0.5) is 0 Å². The minimum Gasteiger partial charge on any atom is -0.102 e. The van der Waals surface area contributed by atoms with Gasteiger partial charge in [-0.1, -0.05) is 43.7 Å². The number of hydrogen-bond acceptors (Lipinski definition) is 0. The van der Waals surface area contributed by atoms with Gasteiger partial charge < -0.3 is 0 Å². The third kappa shape index (κ3) is 1.30. The van der Waals surface area contributed by atoms with Crippen LogP contribution in [0.2, 0.25) is 0 Å². The topological polar surface area (TPSA) is 0 Å². The number of hydrogen-bond donors (Lipinski definition) is 0. The zero-order valence-electron chi connectivity index (χ0n) is 7.59. The van der Waals surface area contributed by atoms with Gasteiger partial charge in [-0.05, 0) is 12.8 Å². The monoisotopic (exact) mass is 148 g/mol. The molecule has 0 aromatic heterocycles. The molecular weight excluding hydrogens is 132 g/mol. The molecule has 2 atom stereocenters. The van der Waals surface area contributed by atoms with Crippen LogP contribution in [0.5, 0.6) is 0 Å². The van der Waals surface area contributed by atoms with Gasteiger partial charge in [-0.15, -0.1) is 6.58 Å². The standard InChI is InChI=1S/C11H16/c1-5-11(4)8-6-7-9(2)10(11)3/h5-8,10H,1H2,2-4H3. The highest BCUT2D eigenvalue weighted by Crippen LogP contribution is 2.37. The SMILES string of the molecule is C=CC1(C)C=CC=C(C)C1C. The summed E-state index contributed by atoms with van der Waals surface area (Å²) in [7, 11) is 0. The Morgan fingerprint density at radius 2 is 2.27 bits per heavy atom. The molecule has 0 nitrogen and oxygen atoms in total. The van der Waals surface area contributed by atoms with Gasteiger partial charge in [-0.25, -0.2) is 0 Å². The zero-order chi connectivity index (χ0) is 8.48. The van der Waals surface area contributed by atoms with Gasteiger partial charge in [0.15, 0.2) is 0 Å². The zero-order valence-corrected chi connectivity index (χ0v) is 7.59. The van der Waals surface area contributed by atoms with E-state index in [1.807, 2.05) is 6.08 Å². The Bertz CT molecular complexity index is 220. The van der Waals surface area contributed by atoms with E-state index in [0.717, 1.165) is 0 Å². The van der Waals surface area contributed by atoms with Crippen molar-refractivity contribution in [3.63, 3.8) is 0 Å². The molecule has 1 rings (SSSR count). The lowest BCUT2D eigenvalue weighted by atomic mass is 9.72. The van der Waals surface area contributed by atoms with Crippen LogP contribution in [0, 0.1) is 11.3 Å². The summed E-state index contributed by atoms with van der Waals surface area (Å²) in [6.07, 6.45) is 8.55. The van der Waals surface area contributed by atoms with E-state index in [9.17, 15) is 0 Å². The molecule has 60 valence electrons. The molecule has 0 saturated heterocycles. The second kappa shape index (κ2) is 2.69. The minimum absolute atomic E-state index is 0.166. The van der Waals surface area contributed by atoms with Gasteiger partial charge in [0.25, 0.3) is 0 Å². The highest BCUT2D eigenvalue weighted by Gasteiger charge is 2.27. The first-order valence-corrected chi connectivity index (χ1v) is 4.10. The summed E-state index contributed by atoms with van der Waals surface area (Å²) in [4.78, 5) is 0. The average Bonchev–Trinajstić information content (AvgIpc) is 2.00. The van der Waals surface area contributed by atoms with E-state index in [4.69, 9.17) is 0 Å². The summed E-state index contributed by atoms with van der Waals surface area (Å²) in [5.74, 6) is 0.588. The van der Waals surface area contributed by atoms with E-state index in [1.165, 1.54) is 5.57 Å². The highest BCUT2D eigenvalue weighted by molar-refractivity contribution is 5.28. The van der Waals surface area contributed by atoms with Gasteiger partial charge in [-0.3, -0.25) is 0 Å². The summed E-state index contributed by atoms with van der Waals surface area (Å²) in [6, 6.07) is 0. The summed E-state index contributed by atoms with van der Waals surface area (Å²) in [6.45, 7) is 10.5. The van der Waals surface area contributed by atoms with Gasteiger partial charge >= 0.3 is 0 Å². The van der Waals surface area contributed by atoms with Crippen LogP contribution in [0.1, 0.15) is 20.8 Å². The fraction of sp³-hybridized carbons (Fsp3) is 0.455. The predicted molar refractivity (Wildman–Crippen MR) is 50.4 cm³/mol. The maximum atomic E-state index is 3.86. The molecule has 0 fully saturated rings. The van der Waals surface area contributed by atoms with Gasteiger partial charge in [0.1, 0.15) is 0 Å². The second-order valence-corrected chi connectivity index (χ2v) is 3.56. The molecule has 0 N–H and O–H groups in total. The van der Waals surface area contributed by atoms with Crippen molar-refractivity contribution in [3.05, 3.63) is 36.5 Å². The molecule has 0 amide bonds. The van der Waals surface area contributed by atoms with Crippen LogP contribution in [0.15, 0.2) is 36.5 Å². The third-order valence-electron chi connectivity index (χ3n) is 2.87. The minimum atomic E-state index is 0.166. The Balaban J connectivity index is 2.97. The molecule has 0 saturated carbocycles. The molecule has 1 aliphatic carbocycles. The number of rotatable bonds is 1. The molecule has 0 spiro atoms. The van der Waals surface area contributed by atoms with Crippen molar-refractivity contribution in [3.8, 4) is 0 Å². The Labute approximate surface area is 69.3 Å². The van der Waals surface area contributed by atoms with Gasteiger partial charge in [-0.2, -0.15) is 0 Å². The highest BCUT2D eigenvalue weighted by atomic mass is 14.3. The van der Waals surface area contributed by atoms with Crippen LogP contribution in [0.25, 0.3) is 0 Å². The first kappa shape index (κ1) is 8.32. The summed E-state index contributed by atoms with van der Waals surface area (Å²) < 4.78 is 0. The average molecular weight is 148 g/mol. The van der Waals surface area contributed by atoms with Crippen molar-refractivity contribution >= 4 is 0 Å². The van der Waals surface area contributed by atoms with Crippen molar-refractivity contribution in [2.24, 2.45) is 11.3 Å². The van der Waals surface area contributed by atoms with E-state index in [1.54, 1.807) is 0 Å². The molecule has 0 bridgehead atoms. The van der Waals surface area contributed by atoms with Crippen LogP contribution in [-0.2, 0) is 0 Å². The normalized spacial score (nSPS) is 36.6. The van der Waals surface area contributed by atoms with Crippen LogP contribution < -0.4 is 0 Å². The Kier molecular flexibility index (Phi) is 2.03. The number of allylic oxidation sites excluding steroid dienone is 5. The van der Waals surface area contributed by atoms with Gasteiger partial charge in [0, 0.05) is 5.41 Å². The van der Waals surface area contributed by atoms with Crippen molar-refractivity contribution in [1.29, 1.82) is 0 Å². The van der Waals surface area contributed by atoms with Gasteiger partial charge in [0.05, 0.1) is 0 Å². The quantitative estimate of drug-likeness (QED) is 0.500. The fourth-order valence-electron chi connectivity index (χ4n) is 1.43. The van der Waals surface area contributed by atoms with Gasteiger partial charge in [0.2, 0.25) is 0 Å². The van der Waals surface area contributed by atoms with Crippen LogP contribution in [-0.4, -0.2) is 0 Å². The smallest absolute Gasteiger partial charge is 0.00959 e. The lowest BCUT2D eigenvalue weighted by molar-refractivity contribution is 0.399. The van der Waals surface area contributed by atoms with E-state index >= 15 is 0 Å². The predicted octanol–water partition coefficient (Wildman–Crippen LogP) is 3.33. The fourth-order valence-corrected chi connectivity index (χ4v) is 1.43. The first-order valence-electron chi connectivity index (χ1n) is 4.10. The largest absolute Gasteiger partial charge is 0.102 e. The Morgan fingerprint density at radius 3 is 2.73 bits per heavy atom. The third-order valence-corrected chi connectivity index (χ3v) is 2.87. The van der Waals surface area contributed by atoms with Crippen LogP contribution in [0.3, 0.4) is 0 Å². The van der Waals surface area contributed by atoms with E-state index in [2.05, 4.69) is 45.6 Å². The second-order valence-electron chi connectivity index (χ2n) is 3.56. The lowest BCUT2D eigenvalue weighted by Crippen LogP contribution is -2.22. The summed E-state index contributed by atoms with van der Waals surface area (Å²) in [5, 5.41) is 0. The van der Waals surface area contributed by atoms with Crippen molar-refractivity contribution in [1.82, 2.24) is 0 Å². The molecule has 1 aliphatic rings. The lowest BCUT2D eigenvalue weighted by Gasteiger charge is -2.32. The van der Waals surface area contributed by atoms with Crippen LogP contribution >= 0.6 is 0 Å². The van der Waals surface area contributed by atoms with Crippen molar-refractivity contribution in [2.45, 2.75) is 20.8 Å². The molecule has 0 aromatic carbocycles. The maximum absolute atomic E-state index is 3.86. The maximum Gasteiger partial charge on any atom is 0.00959 e. The molecule has 0 radical (unpaired) electrons. The molecular formula is C11H16. The molecule has 0 aliphatic heterocycles. The molecule has 0 aromatic rings. The van der Waals surface area contributed by atoms with E-state index < -0.39 is 0 Å². The molecule has 0 heterocycles. The van der Waals surface area contributed by atoms with Crippen molar-refractivity contribution < 1.29 is 0 Å². The molecule has 2 unspecified atom stereocenters. The van der Waals surface area contributed by atoms with E-state index in [-0.39, 0.29) is 5.41 Å². The molecule has 0 heteroatoms. The van der Waals surface area contributed by atoms with Crippen molar-refractivity contribution in [2.75, 3.05) is 0 Å². The first-order chi connectivity index (χ1) is 5.10. The van der Waals surface area contributed by atoms with E-state index in [0.29, 0.717) is 5.92 Å². The Hall–Kier alpha value is -0.780. The Morgan fingerprint density at radius 1 is 1.64 bits per heavy atom. The summed E-state index contributed by atoms with van der Waals surface area (Å²) >= 11 is 0. The summed E-state index contributed by atoms with van der Waals surface area (Å²) in [5.41, 5.74) is 1.61.